The molecule has 0 amide bonds. The van der Waals surface area contributed by atoms with Gasteiger partial charge in [0.1, 0.15) is 11.0 Å². The molecule has 6 aromatic carbocycles. The van der Waals surface area contributed by atoms with E-state index in [-0.39, 0.29) is 7.43 Å². The molecule has 0 saturated carbocycles. The molecular formula is C80H86Br2N6S4Sn2+. The van der Waals surface area contributed by atoms with E-state index in [1.54, 1.807) is 26.2 Å². The van der Waals surface area contributed by atoms with Crippen molar-refractivity contribution in [1.82, 2.24) is 29.1 Å². The van der Waals surface area contributed by atoms with E-state index in [1.165, 1.54) is 119 Å². The monoisotopic (exact) mass is 1660 g/mol. The third-order valence-corrected chi connectivity index (χ3v) is 39.6. The summed E-state index contributed by atoms with van der Waals surface area (Å²) in [5.74, 6) is 0. The van der Waals surface area contributed by atoms with Crippen LogP contribution >= 0.6 is 77.2 Å². The van der Waals surface area contributed by atoms with Crippen LogP contribution in [0.3, 0.4) is 0 Å². The van der Waals surface area contributed by atoms with Crippen molar-refractivity contribution in [2.24, 2.45) is 0 Å². The summed E-state index contributed by atoms with van der Waals surface area (Å²) in [6, 6.07) is 59.7. The zero-order chi connectivity index (χ0) is 64.8. The molecule has 94 heavy (non-hydrogen) atoms. The summed E-state index contributed by atoms with van der Waals surface area (Å²) in [4.78, 5) is 36.0. The zero-order valence-corrected chi connectivity index (χ0v) is 68.3. The molecular weight excluding hydrogens is 1570 g/mol. The molecule has 0 fully saturated rings. The summed E-state index contributed by atoms with van der Waals surface area (Å²) in [6.45, 7) is 11.3. The first-order valence-electron chi connectivity index (χ1n) is 33.3. The summed E-state index contributed by atoms with van der Waals surface area (Å²) < 4.78 is 16.7. The van der Waals surface area contributed by atoms with E-state index in [0.717, 1.165) is 88.1 Å². The molecule has 0 unspecified atom stereocenters. The van der Waals surface area contributed by atoms with Crippen molar-refractivity contribution in [3.8, 4) is 55.5 Å². The van der Waals surface area contributed by atoms with Crippen LogP contribution in [0.1, 0.15) is 101 Å². The number of rotatable bonds is 21. The van der Waals surface area contributed by atoms with Crippen molar-refractivity contribution in [2.45, 2.75) is 143 Å². The number of halogens is 2. The first kappa shape index (κ1) is 70.2. The molecule has 8 heterocycles. The third kappa shape index (κ3) is 15.5. The normalized spacial score (nSPS) is 11.7. The first-order valence-corrected chi connectivity index (χ1v) is 55.2. The molecule has 8 aromatic heterocycles. The van der Waals surface area contributed by atoms with Gasteiger partial charge in [-0.1, -0.05) is 172 Å². The van der Waals surface area contributed by atoms with E-state index < -0.39 is 38.1 Å². The number of hydrogen-bond acceptors (Lipinski definition) is 8. The van der Waals surface area contributed by atoms with Gasteiger partial charge in [-0.05, 0) is 82.0 Å². The zero-order valence-electron chi connectivity index (χ0n) is 56.1. The fraction of sp³-hybridized carbons (Fsp3) is 0.287. The predicted octanol–water partition coefficient (Wildman–Crippen LogP) is 25.6. The minimum atomic E-state index is -2.00. The van der Waals surface area contributed by atoms with Crippen LogP contribution in [0.4, 0.5) is 0 Å². The van der Waals surface area contributed by atoms with E-state index in [0.29, 0.717) is 0 Å². The number of unbranched alkanes of at least 4 members (excludes halogenated alkanes) is 10. The van der Waals surface area contributed by atoms with Crippen molar-refractivity contribution >= 4 is 184 Å². The van der Waals surface area contributed by atoms with Gasteiger partial charge in [-0.15, -0.1) is 22.7 Å². The van der Waals surface area contributed by atoms with E-state index in [1.807, 2.05) is 71.2 Å². The molecule has 0 aliphatic carbocycles. The third-order valence-electron chi connectivity index (χ3n) is 17.5. The van der Waals surface area contributed by atoms with E-state index in [4.69, 9.17) is 19.9 Å². The maximum Gasteiger partial charge on any atom is 0.0984 e. The SMILES string of the molecule is Brc1ccc(Br)c2nc(-c3ccccc3)c(-c3ccccc3)nc12.CCCCCCCCn1c2c[c]([Sn]([CH3])[CH3])sc2c2s[c]([Sn]([CH3])([CH3])[CH3])cc21.CCCCCCCCn1c2cc(C)sc2c2sc(-c3ccc(C)c4nc(-c5ccccc5)c(-c5ccccc5)nc34)cc21.[CH3+]. The van der Waals surface area contributed by atoms with Gasteiger partial charge in [0.15, 0.2) is 0 Å². The number of aromatic nitrogens is 6. The van der Waals surface area contributed by atoms with Crippen molar-refractivity contribution in [3.05, 3.63) is 197 Å². The van der Waals surface area contributed by atoms with E-state index in [9.17, 15) is 0 Å². The minimum absolute atomic E-state index is 0. The van der Waals surface area contributed by atoms with Gasteiger partial charge in [0.05, 0.1) is 54.2 Å². The van der Waals surface area contributed by atoms with Crippen molar-refractivity contribution in [1.29, 1.82) is 0 Å². The quantitative estimate of drug-likeness (QED) is 0.0409. The molecule has 1 radical (unpaired) electrons. The van der Waals surface area contributed by atoms with Crippen molar-refractivity contribution in [2.75, 3.05) is 0 Å². The average molecular weight is 1660 g/mol. The molecule has 14 rings (SSSR count). The standard InChI is InChI=1S/C38H37N3S2.C20H12Br2N2.C16H19NS2.6CH3.2Sn/c1-4-5-6-7-8-15-22-41-30-23-26(3)42-37(30)38-31(41)24-32(43-38)29-21-20-25(2)33-36(29)40-35(28-18-13-10-14-19-28)34(39-33)27-16-11-9-12-17-27;21-15-11-12-16(22)20-19(15)23-17(13-7-3-1-4-8-13)18(24-20)14-9-5-2-6-10-14;1-2-3-4-5-6-7-10-17-13-8-11-18-15(13)16-14(17)9-12-19-16;;;;;;;;/h9-14,16-21,23-24H,4-8,15,22H2,1-3H3;1-12H;8-9H,2-7,10H2,1H3;6*1H3;;/q;;;;;;;;+1;;. The maximum atomic E-state index is 5.43. The van der Waals surface area contributed by atoms with Crippen LogP contribution in [0.5, 0.6) is 0 Å². The van der Waals surface area contributed by atoms with Crippen molar-refractivity contribution in [3.63, 3.8) is 0 Å². The molecule has 0 aliphatic heterocycles. The molecule has 0 aliphatic rings. The largest absolute Gasteiger partial charge is 0.339 e. The molecule has 0 saturated heterocycles. The second-order valence-electron chi connectivity index (χ2n) is 25.8. The molecule has 0 spiro atoms. The number of fused-ring (bicyclic) bond motifs is 8. The molecule has 14 heteroatoms. The van der Waals surface area contributed by atoms with Gasteiger partial charge in [-0.3, -0.25) is 0 Å². The predicted molar refractivity (Wildman–Crippen MR) is 428 cm³/mol. The number of aryl methyl sites for hydroxylation is 4. The summed E-state index contributed by atoms with van der Waals surface area (Å²) in [6.07, 6.45) is 16.1. The first-order chi connectivity index (χ1) is 45.2. The Hall–Kier alpha value is -5.17. The summed E-state index contributed by atoms with van der Waals surface area (Å²) >= 11 is 12.0. The minimum Gasteiger partial charge on any atom is -0.339 e. The second-order valence-corrected chi connectivity index (χ2v) is 55.6. The van der Waals surface area contributed by atoms with Crippen LogP contribution in [0.15, 0.2) is 179 Å². The number of nitrogens with zero attached hydrogens (tertiary/aromatic N) is 6. The van der Waals surface area contributed by atoms with Gasteiger partial charge in [0.25, 0.3) is 0 Å². The fourth-order valence-electron chi connectivity index (χ4n) is 12.4. The Labute approximate surface area is 601 Å². The van der Waals surface area contributed by atoms with Crippen molar-refractivity contribution < 1.29 is 0 Å². The van der Waals surface area contributed by atoms with Crippen LogP contribution < -0.4 is 5.79 Å². The topological polar surface area (TPSA) is 61.4 Å². The Balaban J connectivity index is 0.000000152. The van der Waals surface area contributed by atoms with Gasteiger partial charge in [0.2, 0.25) is 0 Å². The van der Waals surface area contributed by atoms with Gasteiger partial charge in [-0.2, -0.15) is 0 Å². The Morgan fingerprint density at radius 3 is 1.28 bits per heavy atom. The van der Waals surface area contributed by atoms with Crippen LogP contribution in [0, 0.1) is 21.3 Å². The fourth-order valence-corrected chi connectivity index (χ4v) is 27.0. The Morgan fingerprint density at radius 1 is 0.415 bits per heavy atom. The second kappa shape index (κ2) is 32.0. The van der Waals surface area contributed by atoms with Crippen LogP contribution in [0.25, 0.3) is 118 Å². The van der Waals surface area contributed by atoms with Gasteiger partial charge in [-0.25, -0.2) is 19.9 Å². The van der Waals surface area contributed by atoms with Gasteiger partial charge >= 0.3 is 180 Å². The van der Waals surface area contributed by atoms with Gasteiger partial charge in [0, 0.05) is 60.5 Å². The number of thiophene rings is 4. The number of benzene rings is 6. The summed E-state index contributed by atoms with van der Waals surface area (Å²) in [5.41, 5.74) is 19.7. The van der Waals surface area contributed by atoms with Crippen LogP contribution in [-0.2, 0) is 13.1 Å². The maximum absolute atomic E-state index is 5.43. The van der Waals surface area contributed by atoms with E-state index >= 15 is 0 Å². The summed E-state index contributed by atoms with van der Waals surface area (Å²) in [7, 11) is 0. The van der Waals surface area contributed by atoms with Crippen LogP contribution in [0.2, 0.25) is 24.7 Å². The molecule has 0 atom stereocenters. The molecule has 14 aromatic rings. The van der Waals surface area contributed by atoms with Gasteiger partial charge < -0.3 is 4.57 Å². The van der Waals surface area contributed by atoms with E-state index in [2.05, 4.69) is 237 Å². The van der Waals surface area contributed by atoms with Crippen LogP contribution in [-0.4, -0.2) is 67.2 Å². The molecule has 0 N–H and O–H groups in total. The molecule has 0 bridgehead atoms. The Morgan fingerprint density at radius 2 is 0.809 bits per heavy atom. The molecule has 481 valence electrons. The summed E-state index contributed by atoms with van der Waals surface area (Å²) in [5, 5.41) is 0. The Bertz CT molecular complexity index is 4760. The number of hydrogen-bond donors (Lipinski definition) is 0. The smallest absolute Gasteiger partial charge is 0.0984 e. The average Bonchev–Trinajstić information content (AvgIpc) is 1.51. The molecule has 6 nitrogen and oxygen atoms in total. The Kier molecular flexibility index (Phi) is 23.9.